The molecular formula is C11H18N2. The van der Waals surface area contributed by atoms with E-state index in [9.17, 15) is 0 Å². The highest BCUT2D eigenvalue weighted by Crippen LogP contribution is 2.23. The third-order valence-electron chi connectivity index (χ3n) is 2.66. The number of aromatic nitrogens is 1. The van der Waals surface area contributed by atoms with Crippen LogP contribution in [-0.2, 0) is 18.5 Å². The number of hydrogen-bond acceptors (Lipinski definition) is 1. The molecule has 2 heteroatoms. The summed E-state index contributed by atoms with van der Waals surface area (Å²) in [6.07, 6.45) is 3.39. The van der Waals surface area contributed by atoms with Crippen molar-refractivity contribution in [1.82, 2.24) is 9.88 Å². The van der Waals surface area contributed by atoms with E-state index in [0.29, 0.717) is 0 Å². The van der Waals surface area contributed by atoms with Gasteiger partial charge in [0.25, 0.3) is 0 Å². The van der Waals surface area contributed by atoms with Gasteiger partial charge < -0.3 is 9.88 Å². The number of fused-ring (bicyclic) bond motifs is 1. The molecule has 13 heavy (non-hydrogen) atoms. The minimum absolute atomic E-state index is 0.227. The highest BCUT2D eigenvalue weighted by atomic mass is 15.1. The molecule has 1 aliphatic rings. The van der Waals surface area contributed by atoms with Gasteiger partial charge in [-0.3, -0.25) is 0 Å². The predicted octanol–water partition coefficient (Wildman–Crippen LogP) is 1.89. The van der Waals surface area contributed by atoms with Crippen molar-refractivity contribution < 1.29 is 0 Å². The summed E-state index contributed by atoms with van der Waals surface area (Å²) < 4.78 is 2.41. The standard InChI is InChI=1S/C11H18N2/c1-11(2,3)13-7-5-9-8-12-6-4-10(9)13/h5,7,12H,4,6,8H2,1-3H3. The van der Waals surface area contributed by atoms with E-state index in [1.165, 1.54) is 17.7 Å². The lowest BCUT2D eigenvalue weighted by Crippen LogP contribution is -2.29. The van der Waals surface area contributed by atoms with Gasteiger partial charge in [0.1, 0.15) is 0 Å². The Balaban J connectivity index is 2.43. The van der Waals surface area contributed by atoms with E-state index in [-0.39, 0.29) is 5.54 Å². The third-order valence-corrected chi connectivity index (χ3v) is 2.66. The molecule has 2 nitrogen and oxygen atoms in total. The molecule has 2 rings (SSSR count). The van der Waals surface area contributed by atoms with E-state index >= 15 is 0 Å². The van der Waals surface area contributed by atoms with Crippen molar-refractivity contribution >= 4 is 0 Å². The fourth-order valence-electron chi connectivity index (χ4n) is 2.01. The molecule has 0 radical (unpaired) electrons. The van der Waals surface area contributed by atoms with Crippen molar-refractivity contribution in [2.75, 3.05) is 6.54 Å². The molecule has 0 spiro atoms. The maximum atomic E-state index is 3.39. The van der Waals surface area contributed by atoms with Crippen LogP contribution in [0.15, 0.2) is 12.3 Å². The quantitative estimate of drug-likeness (QED) is 0.642. The summed E-state index contributed by atoms with van der Waals surface area (Å²) in [4.78, 5) is 0. The molecule has 2 heterocycles. The summed E-state index contributed by atoms with van der Waals surface area (Å²) in [6.45, 7) is 8.94. The number of rotatable bonds is 0. The Bertz CT molecular complexity index is 304. The zero-order valence-electron chi connectivity index (χ0n) is 8.72. The minimum Gasteiger partial charge on any atom is -0.346 e. The molecule has 0 amide bonds. The van der Waals surface area contributed by atoms with Crippen LogP contribution in [0.25, 0.3) is 0 Å². The molecule has 1 aromatic rings. The minimum atomic E-state index is 0.227. The molecular weight excluding hydrogens is 160 g/mol. The van der Waals surface area contributed by atoms with E-state index in [1.807, 2.05) is 0 Å². The fourth-order valence-corrected chi connectivity index (χ4v) is 2.01. The van der Waals surface area contributed by atoms with E-state index in [0.717, 1.165) is 13.1 Å². The van der Waals surface area contributed by atoms with Crippen LogP contribution < -0.4 is 5.32 Å². The van der Waals surface area contributed by atoms with Gasteiger partial charge in [-0.15, -0.1) is 0 Å². The Hall–Kier alpha value is -0.760. The van der Waals surface area contributed by atoms with Crippen molar-refractivity contribution in [2.45, 2.75) is 39.3 Å². The fraction of sp³-hybridized carbons (Fsp3) is 0.636. The maximum Gasteiger partial charge on any atom is 0.0358 e. The summed E-state index contributed by atoms with van der Waals surface area (Å²) in [7, 11) is 0. The second kappa shape index (κ2) is 2.88. The van der Waals surface area contributed by atoms with Crippen LogP contribution in [0.3, 0.4) is 0 Å². The molecule has 0 aliphatic carbocycles. The van der Waals surface area contributed by atoms with Gasteiger partial charge in [0.15, 0.2) is 0 Å². The predicted molar refractivity (Wildman–Crippen MR) is 54.8 cm³/mol. The van der Waals surface area contributed by atoms with Gasteiger partial charge in [-0.2, -0.15) is 0 Å². The molecule has 72 valence electrons. The Kier molecular flexibility index (Phi) is 1.95. The second-order valence-corrected chi connectivity index (χ2v) is 4.76. The molecule has 0 saturated carbocycles. The van der Waals surface area contributed by atoms with Crippen LogP contribution in [0.5, 0.6) is 0 Å². The molecule has 0 unspecified atom stereocenters. The summed E-state index contributed by atoms with van der Waals surface area (Å²) in [5.74, 6) is 0. The lowest BCUT2D eigenvalue weighted by molar-refractivity contribution is 0.380. The van der Waals surface area contributed by atoms with Crippen LogP contribution in [0, 0.1) is 0 Å². The Morgan fingerprint density at radius 2 is 2.15 bits per heavy atom. The monoisotopic (exact) mass is 178 g/mol. The van der Waals surface area contributed by atoms with Crippen molar-refractivity contribution in [1.29, 1.82) is 0 Å². The van der Waals surface area contributed by atoms with Crippen molar-refractivity contribution in [3.8, 4) is 0 Å². The Labute approximate surface area is 79.9 Å². The first-order valence-corrected chi connectivity index (χ1v) is 4.99. The normalized spacial score (nSPS) is 17.2. The van der Waals surface area contributed by atoms with Gasteiger partial charge in [-0.05, 0) is 32.4 Å². The van der Waals surface area contributed by atoms with Gasteiger partial charge in [0.2, 0.25) is 0 Å². The van der Waals surface area contributed by atoms with Crippen molar-refractivity contribution in [3.05, 3.63) is 23.5 Å². The maximum absolute atomic E-state index is 3.39. The summed E-state index contributed by atoms with van der Waals surface area (Å²) in [6, 6.07) is 2.24. The molecule has 0 aromatic carbocycles. The van der Waals surface area contributed by atoms with E-state index < -0.39 is 0 Å². The highest BCUT2D eigenvalue weighted by molar-refractivity contribution is 5.26. The SMILES string of the molecule is CC(C)(C)n1ccc2c1CCNC2. The van der Waals surface area contributed by atoms with E-state index in [2.05, 4.69) is 42.9 Å². The van der Waals surface area contributed by atoms with Gasteiger partial charge in [-0.1, -0.05) is 0 Å². The average Bonchev–Trinajstić information content (AvgIpc) is 2.45. The van der Waals surface area contributed by atoms with E-state index in [1.54, 1.807) is 0 Å². The summed E-state index contributed by atoms with van der Waals surface area (Å²) >= 11 is 0. The van der Waals surface area contributed by atoms with Gasteiger partial charge in [-0.25, -0.2) is 0 Å². The molecule has 0 saturated heterocycles. The zero-order chi connectivity index (χ0) is 9.47. The molecule has 0 atom stereocenters. The topological polar surface area (TPSA) is 17.0 Å². The third kappa shape index (κ3) is 1.51. The molecule has 1 aliphatic heterocycles. The number of hydrogen-bond donors (Lipinski definition) is 1. The second-order valence-electron chi connectivity index (χ2n) is 4.76. The van der Waals surface area contributed by atoms with E-state index in [4.69, 9.17) is 0 Å². The van der Waals surface area contributed by atoms with Gasteiger partial charge in [0.05, 0.1) is 0 Å². The first-order chi connectivity index (χ1) is 6.09. The van der Waals surface area contributed by atoms with Crippen LogP contribution in [0.4, 0.5) is 0 Å². The number of nitrogens with zero attached hydrogens (tertiary/aromatic N) is 1. The zero-order valence-corrected chi connectivity index (χ0v) is 8.72. The van der Waals surface area contributed by atoms with Gasteiger partial charge >= 0.3 is 0 Å². The Morgan fingerprint density at radius 1 is 1.38 bits per heavy atom. The first-order valence-electron chi connectivity index (χ1n) is 4.99. The summed E-state index contributed by atoms with van der Waals surface area (Å²) in [5.41, 5.74) is 3.22. The average molecular weight is 178 g/mol. The largest absolute Gasteiger partial charge is 0.346 e. The van der Waals surface area contributed by atoms with Gasteiger partial charge in [0, 0.05) is 36.9 Å². The molecule has 1 N–H and O–H groups in total. The van der Waals surface area contributed by atoms with Crippen LogP contribution in [-0.4, -0.2) is 11.1 Å². The first kappa shape index (κ1) is 8.82. The van der Waals surface area contributed by atoms with Crippen molar-refractivity contribution in [3.63, 3.8) is 0 Å². The Morgan fingerprint density at radius 3 is 2.85 bits per heavy atom. The van der Waals surface area contributed by atoms with Crippen LogP contribution >= 0.6 is 0 Å². The smallest absolute Gasteiger partial charge is 0.0358 e. The van der Waals surface area contributed by atoms with Crippen LogP contribution in [0.1, 0.15) is 32.0 Å². The lowest BCUT2D eigenvalue weighted by Gasteiger charge is -2.27. The molecule has 0 bridgehead atoms. The van der Waals surface area contributed by atoms with Crippen LogP contribution in [0.2, 0.25) is 0 Å². The van der Waals surface area contributed by atoms with Crippen molar-refractivity contribution in [2.24, 2.45) is 0 Å². The molecule has 0 fully saturated rings. The summed E-state index contributed by atoms with van der Waals surface area (Å²) in [5, 5.41) is 3.39. The molecule has 1 aromatic heterocycles. The highest BCUT2D eigenvalue weighted by Gasteiger charge is 2.20. The number of nitrogens with one attached hydrogen (secondary N) is 1. The lowest BCUT2D eigenvalue weighted by atomic mass is 10.1.